The van der Waals surface area contributed by atoms with Gasteiger partial charge in [0, 0.05) is 17.7 Å². The summed E-state index contributed by atoms with van der Waals surface area (Å²) >= 11 is 0. The Hall–Kier alpha value is -2.05. The number of hydrogen-bond donors (Lipinski definition) is 2. The van der Waals surface area contributed by atoms with Crippen LogP contribution in [-0.4, -0.2) is 28.3 Å². The van der Waals surface area contributed by atoms with Crippen LogP contribution < -0.4 is 15.8 Å². The summed E-state index contributed by atoms with van der Waals surface area (Å²) < 4.78 is 7.00. The summed E-state index contributed by atoms with van der Waals surface area (Å²) in [5.41, 5.74) is 0.212. The van der Waals surface area contributed by atoms with Crippen molar-refractivity contribution in [2.45, 2.75) is 6.54 Å². The zero-order valence-electron chi connectivity index (χ0n) is 10.3. The van der Waals surface area contributed by atoms with Crippen molar-refractivity contribution in [2.24, 2.45) is 0 Å². The monoisotopic (exact) mass is 259 g/mol. The first-order valence-corrected chi connectivity index (χ1v) is 5.92. The maximum atomic E-state index is 11.5. The van der Waals surface area contributed by atoms with Crippen molar-refractivity contribution in [1.82, 2.24) is 4.57 Å². The molecule has 0 aliphatic rings. The highest BCUT2D eigenvalue weighted by Gasteiger charge is 2.16. The highest BCUT2D eigenvalue weighted by molar-refractivity contribution is 6.59. The second kappa shape index (κ2) is 6.22. The van der Waals surface area contributed by atoms with Gasteiger partial charge in [-0.05, 0) is 12.1 Å². The lowest BCUT2D eigenvalue weighted by Gasteiger charge is -2.11. The van der Waals surface area contributed by atoms with E-state index in [4.69, 9.17) is 4.74 Å². The van der Waals surface area contributed by atoms with Crippen LogP contribution in [0.3, 0.4) is 0 Å². The minimum Gasteiger partial charge on any atom is -0.492 e. The number of hydrogen-bond acceptors (Lipinski definition) is 4. The summed E-state index contributed by atoms with van der Waals surface area (Å²) in [4.78, 5) is 11.5. The molecule has 0 atom stereocenters. The molecule has 0 amide bonds. The number of benzene rings is 1. The Bertz CT molecular complexity index is 597. The largest absolute Gasteiger partial charge is 0.492 e. The van der Waals surface area contributed by atoms with Gasteiger partial charge in [-0.3, -0.25) is 4.79 Å². The fourth-order valence-electron chi connectivity index (χ4n) is 1.72. The number of para-hydroxylation sites is 1. The van der Waals surface area contributed by atoms with Gasteiger partial charge in [0.25, 0.3) is 5.56 Å². The Morgan fingerprint density at radius 1 is 1.11 bits per heavy atom. The van der Waals surface area contributed by atoms with Crippen LogP contribution in [0.1, 0.15) is 0 Å². The molecule has 0 saturated heterocycles. The third kappa shape index (κ3) is 3.46. The van der Waals surface area contributed by atoms with Crippen molar-refractivity contribution in [3.63, 3.8) is 0 Å². The molecular formula is C13H14BNO4. The van der Waals surface area contributed by atoms with Gasteiger partial charge in [-0.25, -0.2) is 0 Å². The van der Waals surface area contributed by atoms with Crippen LogP contribution >= 0.6 is 0 Å². The maximum Gasteiger partial charge on any atom is 0.492 e. The van der Waals surface area contributed by atoms with Crippen LogP contribution in [0, 0.1) is 0 Å². The predicted molar refractivity (Wildman–Crippen MR) is 72.5 cm³/mol. The molecule has 2 N–H and O–H groups in total. The minimum absolute atomic E-state index is 0.0958. The molecule has 19 heavy (non-hydrogen) atoms. The zero-order chi connectivity index (χ0) is 13.7. The van der Waals surface area contributed by atoms with Crippen molar-refractivity contribution in [3.05, 3.63) is 59.0 Å². The van der Waals surface area contributed by atoms with Gasteiger partial charge in [0.1, 0.15) is 12.4 Å². The highest BCUT2D eigenvalue weighted by atomic mass is 16.5. The summed E-state index contributed by atoms with van der Waals surface area (Å²) in [5, 5.41) is 18.4. The van der Waals surface area contributed by atoms with E-state index in [1.165, 1.54) is 10.6 Å². The van der Waals surface area contributed by atoms with E-state index in [0.717, 1.165) is 0 Å². The first-order chi connectivity index (χ1) is 9.18. The molecule has 0 bridgehead atoms. The van der Waals surface area contributed by atoms with Crippen LogP contribution in [0.15, 0.2) is 53.5 Å². The quantitative estimate of drug-likeness (QED) is 0.717. The van der Waals surface area contributed by atoms with Gasteiger partial charge >= 0.3 is 7.12 Å². The van der Waals surface area contributed by atoms with Gasteiger partial charge < -0.3 is 19.4 Å². The fraction of sp³-hybridized carbons (Fsp3) is 0.154. The second-order valence-electron chi connectivity index (χ2n) is 3.99. The molecule has 0 fully saturated rings. The molecule has 1 aromatic carbocycles. The topological polar surface area (TPSA) is 71.7 Å². The van der Waals surface area contributed by atoms with Gasteiger partial charge in [0.05, 0.1) is 6.54 Å². The number of nitrogens with zero attached hydrogens (tertiary/aromatic N) is 1. The Morgan fingerprint density at radius 3 is 2.58 bits per heavy atom. The molecule has 0 saturated carbocycles. The number of pyridine rings is 1. The van der Waals surface area contributed by atoms with Gasteiger partial charge in [0.15, 0.2) is 0 Å². The fourth-order valence-corrected chi connectivity index (χ4v) is 1.72. The standard InChI is InChI=1S/C13H14BNO4/c16-13-7-3-4-8-15(13)9-10-19-12-6-2-1-5-11(12)14(17)18/h1-8,17-18H,9-10H2. The molecule has 0 aliphatic heterocycles. The molecule has 1 aromatic heterocycles. The lowest BCUT2D eigenvalue weighted by atomic mass is 9.79. The minimum atomic E-state index is -1.57. The molecule has 0 radical (unpaired) electrons. The second-order valence-corrected chi connectivity index (χ2v) is 3.99. The highest BCUT2D eigenvalue weighted by Crippen LogP contribution is 2.06. The maximum absolute atomic E-state index is 11.5. The van der Waals surface area contributed by atoms with Crippen molar-refractivity contribution in [1.29, 1.82) is 0 Å². The van der Waals surface area contributed by atoms with E-state index in [2.05, 4.69) is 0 Å². The summed E-state index contributed by atoms with van der Waals surface area (Å²) in [5.74, 6) is 0.404. The van der Waals surface area contributed by atoms with Crippen molar-refractivity contribution in [2.75, 3.05) is 6.61 Å². The Labute approximate surface area is 110 Å². The first kappa shape index (κ1) is 13.4. The van der Waals surface area contributed by atoms with E-state index >= 15 is 0 Å². The Balaban J connectivity index is 2.00. The Kier molecular flexibility index (Phi) is 4.38. The Morgan fingerprint density at radius 2 is 1.84 bits per heavy atom. The normalized spacial score (nSPS) is 10.2. The van der Waals surface area contributed by atoms with E-state index in [9.17, 15) is 14.8 Å². The van der Waals surface area contributed by atoms with Gasteiger partial charge in [-0.1, -0.05) is 24.3 Å². The molecule has 1 heterocycles. The molecular weight excluding hydrogens is 245 g/mol. The van der Waals surface area contributed by atoms with Gasteiger partial charge in [0.2, 0.25) is 0 Å². The molecule has 2 rings (SSSR count). The molecule has 5 nitrogen and oxygen atoms in total. The third-order valence-electron chi connectivity index (χ3n) is 2.69. The number of aromatic nitrogens is 1. The average molecular weight is 259 g/mol. The third-order valence-corrected chi connectivity index (χ3v) is 2.69. The van der Waals surface area contributed by atoms with Crippen LogP contribution in [0.4, 0.5) is 0 Å². The van der Waals surface area contributed by atoms with Gasteiger partial charge in [-0.2, -0.15) is 0 Å². The molecule has 2 aromatic rings. The summed E-state index contributed by atoms with van der Waals surface area (Å²) in [6.07, 6.45) is 1.68. The SMILES string of the molecule is O=c1ccccn1CCOc1ccccc1B(O)O. The van der Waals surface area contributed by atoms with Crippen molar-refractivity contribution in [3.8, 4) is 5.75 Å². The van der Waals surface area contributed by atoms with Crippen molar-refractivity contribution < 1.29 is 14.8 Å². The smallest absolute Gasteiger partial charge is 0.492 e. The molecule has 0 unspecified atom stereocenters. The van der Waals surface area contributed by atoms with Gasteiger partial charge in [-0.15, -0.1) is 0 Å². The van der Waals surface area contributed by atoms with Crippen LogP contribution in [0.2, 0.25) is 0 Å². The van der Waals surface area contributed by atoms with E-state index in [1.54, 1.807) is 42.6 Å². The summed E-state index contributed by atoms with van der Waals surface area (Å²) in [6.45, 7) is 0.670. The average Bonchev–Trinajstić information content (AvgIpc) is 2.41. The lowest BCUT2D eigenvalue weighted by molar-refractivity contribution is 0.297. The number of ether oxygens (including phenoxy) is 1. The summed E-state index contributed by atoms with van der Waals surface area (Å²) in [6, 6.07) is 11.6. The molecule has 0 aliphatic carbocycles. The van der Waals surface area contributed by atoms with E-state index in [1.807, 2.05) is 0 Å². The molecule has 6 heteroatoms. The lowest BCUT2D eigenvalue weighted by Crippen LogP contribution is -2.32. The van der Waals surface area contributed by atoms with E-state index in [-0.39, 0.29) is 12.2 Å². The predicted octanol–water partition coefficient (Wildman–Crippen LogP) is -0.393. The van der Waals surface area contributed by atoms with Crippen LogP contribution in [0.25, 0.3) is 0 Å². The summed E-state index contributed by atoms with van der Waals surface area (Å²) in [7, 11) is -1.57. The number of rotatable bonds is 5. The van der Waals surface area contributed by atoms with E-state index < -0.39 is 7.12 Å². The molecule has 98 valence electrons. The first-order valence-electron chi connectivity index (χ1n) is 5.92. The molecule has 0 spiro atoms. The zero-order valence-corrected chi connectivity index (χ0v) is 10.3. The van der Waals surface area contributed by atoms with E-state index in [0.29, 0.717) is 17.8 Å². The van der Waals surface area contributed by atoms with Crippen LogP contribution in [0.5, 0.6) is 5.75 Å². The van der Waals surface area contributed by atoms with Crippen molar-refractivity contribution >= 4 is 12.6 Å². The van der Waals surface area contributed by atoms with Crippen LogP contribution in [-0.2, 0) is 6.54 Å².